The van der Waals surface area contributed by atoms with E-state index in [0.29, 0.717) is 18.1 Å². The Bertz CT molecular complexity index is 2060. The number of phenols is 1. The molecule has 3 N–H and O–H groups in total. The number of carbonyl (C=O) groups excluding carboxylic acids is 1. The Morgan fingerprint density at radius 1 is 1.00 bits per heavy atom. The number of benzene rings is 3. The number of hydrogen-bond acceptors (Lipinski definition) is 7. The number of hydrogen-bond donors (Lipinski definition) is 3. The Balaban J connectivity index is 1.20. The molecular formula is C34H32ClN7O2S2. The van der Waals surface area contributed by atoms with Gasteiger partial charge in [0.1, 0.15) is 11.6 Å². The van der Waals surface area contributed by atoms with Gasteiger partial charge in [-0.25, -0.2) is 9.48 Å². The fourth-order valence-corrected chi connectivity index (χ4v) is 6.29. The van der Waals surface area contributed by atoms with E-state index in [0.717, 1.165) is 43.6 Å². The van der Waals surface area contributed by atoms with Crippen molar-refractivity contribution in [1.82, 2.24) is 29.7 Å². The van der Waals surface area contributed by atoms with Crippen LogP contribution in [0.4, 0.5) is 10.6 Å². The number of aromatic hydroxyl groups is 1. The van der Waals surface area contributed by atoms with E-state index >= 15 is 0 Å². The molecule has 0 atom stereocenters. The first-order valence-corrected chi connectivity index (χ1v) is 16.9. The van der Waals surface area contributed by atoms with Crippen LogP contribution in [0, 0.1) is 6.92 Å². The number of nitrogens with one attached hydrogen (secondary N) is 2. The summed E-state index contributed by atoms with van der Waals surface area (Å²) in [5, 5.41) is 29.7. The fourth-order valence-electron chi connectivity index (χ4n) is 4.84. The second-order valence-electron chi connectivity index (χ2n) is 11.1. The molecule has 2 amide bonds. The van der Waals surface area contributed by atoms with Crippen molar-refractivity contribution in [2.75, 3.05) is 11.6 Å². The summed E-state index contributed by atoms with van der Waals surface area (Å²) in [6.07, 6.45) is 4.06. The van der Waals surface area contributed by atoms with Gasteiger partial charge in [0.25, 0.3) is 0 Å². The lowest BCUT2D eigenvalue weighted by Crippen LogP contribution is -2.29. The third-order valence-corrected chi connectivity index (χ3v) is 10.3. The molecule has 3 aromatic heterocycles. The highest BCUT2D eigenvalue weighted by Crippen LogP contribution is 2.36. The first kappa shape index (κ1) is 31.5. The summed E-state index contributed by atoms with van der Waals surface area (Å²) in [6, 6.07) is 26.4. The lowest BCUT2D eigenvalue weighted by atomic mass is 10.1. The highest BCUT2D eigenvalue weighted by atomic mass is 35.5. The van der Waals surface area contributed by atoms with E-state index < -0.39 is 0 Å². The average Bonchev–Trinajstić information content (AvgIpc) is 3.67. The summed E-state index contributed by atoms with van der Waals surface area (Å²) in [6.45, 7) is 6.50. The molecule has 3 heterocycles. The van der Waals surface area contributed by atoms with Crippen molar-refractivity contribution in [2.24, 2.45) is 0 Å². The molecule has 0 aliphatic carbocycles. The number of amides is 2. The van der Waals surface area contributed by atoms with Crippen LogP contribution in [-0.2, 0) is 11.3 Å². The van der Waals surface area contributed by atoms with E-state index in [1.807, 2.05) is 71.5 Å². The quantitative estimate of drug-likeness (QED) is 0.142. The summed E-state index contributed by atoms with van der Waals surface area (Å²) in [7, 11) is 0. The van der Waals surface area contributed by atoms with E-state index in [1.54, 1.807) is 40.3 Å². The molecule has 6 rings (SSSR count). The maximum absolute atomic E-state index is 13.2. The zero-order chi connectivity index (χ0) is 32.4. The first-order valence-electron chi connectivity index (χ1n) is 14.5. The van der Waals surface area contributed by atoms with Crippen LogP contribution in [-0.4, -0.2) is 41.8 Å². The summed E-state index contributed by atoms with van der Waals surface area (Å²) in [5.74, 6) is 1.24. The number of carbonyl (C=O) groups is 1. The maximum Gasteiger partial charge on any atom is 0.320 e. The second kappa shape index (κ2) is 13.1. The highest BCUT2D eigenvalue weighted by molar-refractivity contribution is 7.99. The molecule has 9 nitrogen and oxygen atoms in total. The second-order valence-corrected chi connectivity index (χ2v) is 14.1. The van der Waals surface area contributed by atoms with Crippen molar-refractivity contribution in [3.8, 4) is 22.8 Å². The Morgan fingerprint density at radius 2 is 1.78 bits per heavy atom. The van der Waals surface area contributed by atoms with Crippen LogP contribution in [0.3, 0.4) is 0 Å². The van der Waals surface area contributed by atoms with E-state index in [-0.39, 0.29) is 21.6 Å². The molecule has 0 aliphatic rings. The van der Waals surface area contributed by atoms with Crippen molar-refractivity contribution in [3.63, 3.8) is 0 Å². The van der Waals surface area contributed by atoms with Crippen molar-refractivity contribution >= 4 is 52.6 Å². The van der Waals surface area contributed by atoms with E-state index in [4.69, 9.17) is 16.7 Å². The molecule has 0 bridgehead atoms. The number of phenolic OH excluding ortho intramolecular Hbond substituents is 1. The molecule has 234 valence electrons. The number of halogens is 1. The van der Waals surface area contributed by atoms with Gasteiger partial charge in [0.05, 0.1) is 21.2 Å². The molecule has 6 aromatic rings. The van der Waals surface area contributed by atoms with Crippen molar-refractivity contribution < 1.29 is 9.90 Å². The normalized spacial score (nSPS) is 11.6. The standard InChI is InChI=1S/C34H32ClN7O2S2/c1-21-9-5-7-11-25(21)32-39-38-30-16-14-24(20-41(30)32)46-28-12-8-6-10-22(28)19-36-33(44)37-31-18-29(34(2,3)45-4)40-42(31)23-13-15-27(43)26(35)17-23/h5-18,20,43H,19H2,1-4H3,(H2,36,37,44). The largest absolute Gasteiger partial charge is 0.506 e. The number of thioether (sulfide) groups is 1. The third kappa shape index (κ3) is 6.57. The van der Waals surface area contributed by atoms with Crippen LogP contribution >= 0.6 is 35.1 Å². The van der Waals surface area contributed by atoms with Crippen LogP contribution in [0.1, 0.15) is 30.7 Å². The van der Waals surface area contributed by atoms with E-state index in [9.17, 15) is 9.90 Å². The van der Waals surface area contributed by atoms with Gasteiger partial charge in [-0.1, -0.05) is 65.8 Å². The number of nitrogens with zero attached hydrogens (tertiary/aromatic N) is 5. The van der Waals surface area contributed by atoms with Crippen molar-refractivity contribution in [3.05, 3.63) is 113 Å². The summed E-state index contributed by atoms with van der Waals surface area (Å²) >= 11 is 9.46. The molecule has 46 heavy (non-hydrogen) atoms. The molecule has 3 aromatic carbocycles. The van der Waals surface area contributed by atoms with Gasteiger partial charge in [-0.3, -0.25) is 9.72 Å². The van der Waals surface area contributed by atoms with Crippen LogP contribution < -0.4 is 10.6 Å². The summed E-state index contributed by atoms with van der Waals surface area (Å²) in [5.41, 5.74) is 5.30. The smallest absolute Gasteiger partial charge is 0.320 e. The average molecular weight is 670 g/mol. The number of aryl methyl sites for hydroxylation is 1. The maximum atomic E-state index is 13.2. The highest BCUT2D eigenvalue weighted by Gasteiger charge is 2.25. The lowest BCUT2D eigenvalue weighted by Gasteiger charge is -2.18. The van der Waals surface area contributed by atoms with E-state index in [2.05, 4.69) is 53.7 Å². The molecule has 0 spiro atoms. The fraction of sp³-hybridized carbons (Fsp3) is 0.176. The Morgan fingerprint density at radius 3 is 2.57 bits per heavy atom. The predicted molar refractivity (Wildman–Crippen MR) is 186 cm³/mol. The van der Waals surface area contributed by atoms with Gasteiger partial charge in [-0.05, 0) is 74.6 Å². The zero-order valence-corrected chi connectivity index (χ0v) is 28.0. The number of aromatic nitrogens is 5. The van der Waals surface area contributed by atoms with Gasteiger partial charge in [-0.2, -0.15) is 16.9 Å². The number of fused-ring (bicyclic) bond motifs is 1. The van der Waals surface area contributed by atoms with Gasteiger partial charge in [0.2, 0.25) is 0 Å². The summed E-state index contributed by atoms with van der Waals surface area (Å²) < 4.78 is 3.33. The molecule has 0 saturated heterocycles. The summed E-state index contributed by atoms with van der Waals surface area (Å²) in [4.78, 5) is 15.3. The predicted octanol–water partition coefficient (Wildman–Crippen LogP) is 8.32. The minimum absolute atomic E-state index is 0.0284. The van der Waals surface area contributed by atoms with Gasteiger partial charge >= 0.3 is 6.03 Å². The molecule has 0 radical (unpaired) electrons. The van der Waals surface area contributed by atoms with Crippen LogP contribution in [0.2, 0.25) is 5.02 Å². The van der Waals surface area contributed by atoms with Crippen LogP contribution in [0.5, 0.6) is 5.75 Å². The molecule has 12 heteroatoms. The van der Waals surface area contributed by atoms with Crippen LogP contribution in [0.25, 0.3) is 22.7 Å². The topological polar surface area (TPSA) is 109 Å². The van der Waals surface area contributed by atoms with Crippen molar-refractivity contribution in [2.45, 2.75) is 41.9 Å². The monoisotopic (exact) mass is 669 g/mol. The number of pyridine rings is 1. The molecule has 0 saturated carbocycles. The van der Waals surface area contributed by atoms with Crippen molar-refractivity contribution in [1.29, 1.82) is 0 Å². The zero-order valence-electron chi connectivity index (χ0n) is 25.7. The number of rotatable bonds is 9. The first-order chi connectivity index (χ1) is 22.1. The Kier molecular flexibility index (Phi) is 8.99. The lowest BCUT2D eigenvalue weighted by molar-refractivity contribution is 0.251. The van der Waals surface area contributed by atoms with Gasteiger partial charge < -0.3 is 10.4 Å². The van der Waals surface area contributed by atoms with Gasteiger partial charge in [0, 0.05) is 34.2 Å². The molecule has 0 fully saturated rings. The number of anilines is 1. The Labute approximate surface area is 280 Å². The third-order valence-electron chi connectivity index (χ3n) is 7.65. The molecule has 0 aliphatic heterocycles. The SMILES string of the molecule is CSC(C)(C)c1cc(NC(=O)NCc2ccccc2Sc2ccc3nnc(-c4ccccc4C)n3c2)n(-c2ccc(O)c(Cl)c2)n1. The van der Waals surface area contributed by atoms with Gasteiger partial charge in [0.15, 0.2) is 11.5 Å². The van der Waals surface area contributed by atoms with E-state index in [1.165, 1.54) is 6.07 Å². The van der Waals surface area contributed by atoms with Crippen LogP contribution in [0.15, 0.2) is 101 Å². The van der Waals surface area contributed by atoms with Gasteiger partial charge in [-0.15, -0.1) is 10.2 Å². The minimum Gasteiger partial charge on any atom is -0.506 e. The Hall–Kier alpha value is -4.45. The minimum atomic E-state index is -0.381. The molecular weight excluding hydrogens is 638 g/mol. The number of urea groups is 1. The molecule has 0 unspecified atom stereocenters.